The van der Waals surface area contributed by atoms with Crippen LogP contribution in [0.4, 0.5) is 5.69 Å². The normalized spacial score (nSPS) is 11.4. The highest BCUT2D eigenvalue weighted by molar-refractivity contribution is 7.92. The minimum atomic E-state index is -3.62. The summed E-state index contributed by atoms with van der Waals surface area (Å²) in [5.74, 6) is 0.705. The van der Waals surface area contributed by atoms with Crippen LogP contribution in [0.1, 0.15) is 11.1 Å². The number of aryl methyl sites for hydroxylation is 2. The molecule has 0 atom stereocenters. The van der Waals surface area contributed by atoms with Gasteiger partial charge in [0, 0.05) is 5.56 Å². The average molecular weight is 327 g/mol. The van der Waals surface area contributed by atoms with E-state index in [1.165, 1.54) is 0 Å². The van der Waals surface area contributed by atoms with E-state index < -0.39 is 10.0 Å². The molecule has 4 nitrogen and oxygen atoms in total. The van der Waals surface area contributed by atoms with Crippen molar-refractivity contribution in [1.29, 1.82) is 0 Å². The Labute approximate surface area is 135 Å². The Balaban J connectivity index is 1.89. The summed E-state index contributed by atoms with van der Waals surface area (Å²) in [5.41, 5.74) is 3.31. The number of furan rings is 1. The predicted molar refractivity (Wildman–Crippen MR) is 90.9 cm³/mol. The van der Waals surface area contributed by atoms with E-state index in [9.17, 15) is 8.42 Å². The Morgan fingerprint density at radius 2 is 1.70 bits per heavy atom. The van der Waals surface area contributed by atoms with Crippen molar-refractivity contribution < 1.29 is 12.8 Å². The Morgan fingerprint density at radius 1 is 0.957 bits per heavy atom. The summed E-state index contributed by atoms with van der Waals surface area (Å²) in [5, 5.41) is 0. The number of nitrogens with one attached hydrogen (secondary N) is 1. The molecule has 5 heteroatoms. The van der Waals surface area contributed by atoms with Crippen LogP contribution in [0.5, 0.6) is 0 Å². The molecule has 0 aliphatic carbocycles. The SMILES string of the molecule is Cc1ccc(C)c(NS(=O)(=O)c2ccc(-c3ccco3)cc2)c1. The molecule has 0 saturated carbocycles. The first-order valence-corrected chi connectivity index (χ1v) is 8.68. The molecule has 0 spiro atoms. The van der Waals surface area contributed by atoms with E-state index >= 15 is 0 Å². The highest BCUT2D eigenvalue weighted by Gasteiger charge is 2.15. The first-order chi connectivity index (χ1) is 11.0. The Kier molecular flexibility index (Phi) is 3.96. The van der Waals surface area contributed by atoms with E-state index in [1.54, 1.807) is 36.6 Å². The van der Waals surface area contributed by atoms with Gasteiger partial charge in [-0.05, 0) is 67.4 Å². The van der Waals surface area contributed by atoms with Crippen LogP contribution in [0.15, 0.2) is 70.2 Å². The quantitative estimate of drug-likeness (QED) is 0.774. The highest BCUT2D eigenvalue weighted by Crippen LogP contribution is 2.24. The minimum Gasteiger partial charge on any atom is -0.464 e. The number of hydrogen-bond acceptors (Lipinski definition) is 3. The van der Waals surface area contributed by atoms with Crippen LogP contribution in [0.2, 0.25) is 0 Å². The molecular weight excluding hydrogens is 310 g/mol. The second kappa shape index (κ2) is 5.93. The van der Waals surface area contributed by atoms with E-state index in [-0.39, 0.29) is 4.90 Å². The van der Waals surface area contributed by atoms with Gasteiger partial charge in [-0.1, -0.05) is 12.1 Å². The second-order valence-corrected chi connectivity index (χ2v) is 7.11. The lowest BCUT2D eigenvalue weighted by atomic mass is 10.1. The van der Waals surface area contributed by atoms with Crippen molar-refractivity contribution in [2.45, 2.75) is 18.7 Å². The fourth-order valence-corrected chi connectivity index (χ4v) is 3.41. The summed E-state index contributed by atoms with van der Waals surface area (Å²) in [4.78, 5) is 0.216. The van der Waals surface area contributed by atoms with Gasteiger partial charge in [-0.25, -0.2) is 8.42 Å². The van der Waals surface area contributed by atoms with Gasteiger partial charge >= 0.3 is 0 Å². The van der Waals surface area contributed by atoms with Gasteiger partial charge in [0.05, 0.1) is 16.8 Å². The number of rotatable bonds is 4. The van der Waals surface area contributed by atoms with Crippen molar-refractivity contribution in [3.05, 3.63) is 72.0 Å². The Bertz CT molecular complexity index is 911. The fourth-order valence-electron chi connectivity index (χ4n) is 2.29. The molecule has 1 heterocycles. The standard InChI is InChI=1S/C18H17NO3S/c1-13-5-6-14(2)17(12-13)19-23(20,21)16-9-7-15(8-10-16)18-4-3-11-22-18/h3-12,19H,1-2H3. The van der Waals surface area contributed by atoms with Crippen molar-refractivity contribution in [2.75, 3.05) is 4.72 Å². The lowest BCUT2D eigenvalue weighted by Gasteiger charge is -2.11. The van der Waals surface area contributed by atoms with Crippen LogP contribution in [-0.2, 0) is 10.0 Å². The van der Waals surface area contributed by atoms with Crippen molar-refractivity contribution >= 4 is 15.7 Å². The molecule has 0 saturated heterocycles. The highest BCUT2D eigenvalue weighted by atomic mass is 32.2. The zero-order valence-corrected chi connectivity index (χ0v) is 13.7. The molecule has 0 aliphatic heterocycles. The predicted octanol–water partition coefficient (Wildman–Crippen LogP) is 4.36. The average Bonchev–Trinajstić information content (AvgIpc) is 3.05. The fraction of sp³-hybridized carbons (Fsp3) is 0.111. The number of hydrogen-bond donors (Lipinski definition) is 1. The van der Waals surface area contributed by atoms with Crippen molar-refractivity contribution in [3.63, 3.8) is 0 Å². The molecular formula is C18H17NO3S. The summed E-state index contributed by atoms with van der Waals surface area (Å²) < 4.78 is 33.0. The van der Waals surface area contributed by atoms with E-state index in [2.05, 4.69) is 4.72 Å². The maximum Gasteiger partial charge on any atom is 0.261 e. The largest absolute Gasteiger partial charge is 0.464 e. The summed E-state index contributed by atoms with van der Waals surface area (Å²) in [6, 6.07) is 15.9. The summed E-state index contributed by atoms with van der Waals surface area (Å²) >= 11 is 0. The Morgan fingerprint density at radius 3 is 2.35 bits per heavy atom. The van der Waals surface area contributed by atoms with E-state index in [1.807, 2.05) is 38.1 Å². The first kappa shape index (κ1) is 15.4. The van der Waals surface area contributed by atoms with E-state index in [4.69, 9.17) is 4.42 Å². The van der Waals surface area contributed by atoms with Gasteiger partial charge < -0.3 is 4.42 Å². The molecule has 0 fully saturated rings. The zero-order valence-electron chi connectivity index (χ0n) is 12.9. The lowest BCUT2D eigenvalue weighted by molar-refractivity contribution is 0.582. The smallest absolute Gasteiger partial charge is 0.261 e. The van der Waals surface area contributed by atoms with Crippen molar-refractivity contribution in [1.82, 2.24) is 0 Å². The maximum absolute atomic E-state index is 12.5. The molecule has 0 aliphatic rings. The topological polar surface area (TPSA) is 59.3 Å². The number of anilines is 1. The third-order valence-corrected chi connectivity index (χ3v) is 4.99. The third kappa shape index (κ3) is 3.29. The first-order valence-electron chi connectivity index (χ1n) is 7.20. The molecule has 118 valence electrons. The third-order valence-electron chi connectivity index (χ3n) is 3.61. The molecule has 2 aromatic carbocycles. The molecule has 3 aromatic rings. The van der Waals surface area contributed by atoms with Gasteiger partial charge in [0.1, 0.15) is 5.76 Å². The van der Waals surface area contributed by atoms with Gasteiger partial charge in [0.2, 0.25) is 0 Å². The zero-order chi connectivity index (χ0) is 16.4. The minimum absolute atomic E-state index is 0.216. The molecule has 1 aromatic heterocycles. The van der Waals surface area contributed by atoms with Crippen LogP contribution < -0.4 is 4.72 Å². The van der Waals surface area contributed by atoms with Crippen LogP contribution in [0, 0.1) is 13.8 Å². The van der Waals surface area contributed by atoms with Crippen molar-refractivity contribution in [2.24, 2.45) is 0 Å². The molecule has 0 unspecified atom stereocenters. The van der Waals surface area contributed by atoms with Gasteiger partial charge in [0.25, 0.3) is 10.0 Å². The molecule has 0 amide bonds. The molecule has 3 rings (SSSR count). The number of benzene rings is 2. The molecule has 23 heavy (non-hydrogen) atoms. The van der Waals surface area contributed by atoms with Gasteiger partial charge in [-0.2, -0.15) is 0 Å². The van der Waals surface area contributed by atoms with Gasteiger partial charge in [-0.15, -0.1) is 0 Å². The summed E-state index contributed by atoms with van der Waals surface area (Å²) in [6.07, 6.45) is 1.59. The monoisotopic (exact) mass is 327 g/mol. The molecule has 1 N–H and O–H groups in total. The summed E-state index contributed by atoms with van der Waals surface area (Å²) in [6.45, 7) is 3.80. The number of sulfonamides is 1. The summed E-state index contributed by atoms with van der Waals surface area (Å²) in [7, 11) is -3.62. The van der Waals surface area contributed by atoms with Crippen molar-refractivity contribution in [3.8, 4) is 11.3 Å². The molecule has 0 bridgehead atoms. The van der Waals surface area contributed by atoms with E-state index in [0.717, 1.165) is 16.7 Å². The van der Waals surface area contributed by atoms with Crippen LogP contribution >= 0.6 is 0 Å². The van der Waals surface area contributed by atoms with Gasteiger partial charge in [0.15, 0.2) is 0 Å². The van der Waals surface area contributed by atoms with E-state index in [0.29, 0.717) is 11.4 Å². The second-order valence-electron chi connectivity index (χ2n) is 5.43. The molecule has 0 radical (unpaired) electrons. The van der Waals surface area contributed by atoms with Crippen LogP contribution in [-0.4, -0.2) is 8.42 Å². The maximum atomic E-state index is 12.5. The van der Waals surface area contributed by atoms with Crippen LogP contribution in [0.25, 0.3) is 11.3 Å². The Hall–Kier alpha value is -2.53. The van der Waals surface area contributed by atoms with Gasteiger partial charge in [-0.3, -0.25) is 4.72 Å². The van der Waals surface area contributed by atoms with Crippen LogP contribution in [0.3, 0.4) is 0 Å². The lowest BCUT2D eigenvalue weighted by Crippen LogP contribution is -2.13.